The number of halogens is 2. The van der Waals surface area contributed by atoms with Crippen molar-refractivity contribution >= 4 is 21.4 Å². The van der Waals surface area contributed by atoms with Gasteiger partial charge >= 0.3 is 6.55 Å². The van der Waals surface area contributed by atoms with Gasteiger partial charge in [0.2, 0.25) is 5.91 Å². The van der Waals surface area contributed by atoms with Crippen molar-refractivity contribution in [1.82, 2.24) is 9.78 Å². The number of nitrogens with zero attached hydrogens (tertiary/aromatic N) is 2. The smallest absolute Gasteiger partial charge is 0.326 e. The first-order valence-corrected chi connectivity index (χ1v) is 9.33. The summed E-state index contributed by atoms with van der Waals surface area (Å²) in [6.45, 7) is 1.99. The number of hydrogen-bond donors (Lipinski definition) is 1. The molecule has 1 N–H and O–H groups in total. The second kappa shape index (κ2) is 6.91. The molecule has 1 aromatic carbocycles. The van der Waals surface area contributed by atoms with E-state index in [2.05, 4.69) is 10.4 Å². The van der Waals surface area contributed by atoms with Gasteiger partial charge in [-0.05, 0) is 38.5 Å². The van der Waals surface area contributed by atoms with Crippen LogP contribution in [-0.4, -0.2) is 30.4 Å². The molecule has 136 valence electrons. The molecule has 0 saturated heterocycles. The van der Waals surface area contributed by atoms with Crippen molar-refractivity contribution < 1.29 is 22.0 Å². The number of nitrogens with one attached hydrogen (secondary N) is 1. The van der Waals surface area contributed by atoms with Crippen LogP contribution in [0.4, 0.5) is 14.5 Å². The molecule has 2 rings (SSSR count). The molecule has 0 aliphatic carbocycles. The van der Waals surface area contributed by atoms with Gasteiger partial charge in [0.15, 0.2) is 9.84 Å². The molecule has 0 unspecified atom stereocenters. The maximum atomic E-state index is 12.9. The molecule has 0 fully saturated rings. The van der Waals surface area contributed by atoms with Crippen molar-refractivity contribution in [2.75, 3.05) is 11.6 Å². The highest BCUT2D eigenvalue weighted by atomic mass is 32.2. The van der Waals surface area contributed by atoms with Crippen LogP contribution in [-0.2, 0) is 21.1 Å². The third-order valence-electron chi connectivity index (χ3n) is 3.91. The zero-order valence-corrected chi connectivity index (χ0v) is 15.1. The number of anilines is 1. The van der Waals surface area contributed by atoms with Gasteiger partial charge in [-0.15, -0.1) is 0 Å². The first-order valence-electron chi connectivity index (χ1n) is 7.44. The van der Waals surface area contributed by atoms with Crippen molar-refractivity contribution in [3.8, 4) is 0 Å². The van der Waals surface area contributed by atoms with Gasteiger partial charge < -0.3 is 5.32 Å². The number of amides is 1. The summed E-state index contributed by atoms with van der Waals surface area (Å²) in [6, 6.07) is 4.43. The van der Waals surface area contributed by atoms with Crippen molar-refractivity contribution in [2.45, 2.75) is 38.6 Å². The van der Waals surface area contributed by atoms with Gasteiger partial charge in [0.1, 0.15) is 0 Å². The number of aromatic nitrogens is 2. The van der Waals surface area contributed by atoms with E-state index < -0.39 is 22.3 Å². The fraction of sp³-hybridized carbons (Fsp3) is 0.375. The van der Waals surface area contributed by atoms with Crippen LogP contribution in [0.3, 0.4) is 0 Å². The lowest BCUT2D eigenvalue weighted by atomic mass is 10.1. The fourth-order valence-electron chi connectivity index (χ4n) is 2.46. The molecule has 25 heavy (non-hydrogen) atoms. The average Bonchev–Trinajstić information content (AvgIpc) is 2.76. The van der Waals surface area contributed by atoms with E-state index in [4.69, 9.17) is 0 Å². The Balaban J connectivity index is 2.25. The number of rotatable bonds is 5. The van der Waals surface area contributed by atoms with Gasteiger partial charge in [-0.1, -0.05) is 6.07 Å². The Bertz CT molecular complexity index is 921. The number of alkyl halides is 2. The van der Waals surface area contributed by atoms with E-state index in [-0.39, 0.29) is 17.0 Å². The summed E-state index contributed by atoms with van der Waals surface area (Å²) in [5, 5.41) is 6.38. The quantitative estimate of drug-likeness (QED) is 0.876. The lowest BCUT2D eigenvalue weighted by Gasteiger charge is -2.10. The Morgan fingerprint density at radius 2 is 1.92 bits per heavy atom. The Kier molecular flexibility index (Phi) is 5.26. The van der Waals surface area contributed by atoms with Crippen LogP contribution < -0.4 is 5.32 Å². The van der Waals surface area contributed by atoms with Crippen molar-refractivity contribution in [3.63, 3.8) is 0 Å². The predicted molar refractivity (Wildman–Crippen MR) is 89.6 cm³/mol. The minimum atomic E-state index is -3.40. The normalized spacial score (nSPS) is 11.8. The average molecular weight is 371 g/mol. The topological polar surface area (TPSA) is 81.1 Å². The number of carbonyl (C=O) groups is 1. The molecule has 0 aliphatic rings. The highest BCUT2D eigenvalue weighted by molar-refractivity contribution is 7.90. The zero-order valence-electron chi connectivity index (χ0n) is 14.3. The monoisotopic (exact) mass is 371 g/mol. The molecule has 0 atom stereocenters. The summed E-state index contributed by atoms with van der Waals surface area (Å²) in [4.78, 5) is 12.4. The van der Waals surface area contributed by atoms with Gasteiger partial charge in [0, 0.05) is 23.2 Å². The Morgan fingerprint density at radius 3 is 2.44 bits per heavy atom. The second-order valence-corrected chi connectivity index (χ2v) is 7.86. The predicted octanol–water partition coefficient (Wildman–Crippen LogP) is 2.79. The van der Waals surface area contributed by atoms with E-state index in [9.17, 15) is 22.0 Å². The molecular weight excluding hydrogens is 352 g/mol. The first kappa shape index (κ1) is 19.0. The number of benzene rings is 1. The van der Waals surface area contributed by atoms with Crippen molar-refractivity contribution in [3.05, 3.63) is 40.7 Å². The van der Waals surface area contributed by atoms with Gasteiger partial charge in [-0.2, -0.15) is 13.9 Å². The van der Waals surface area contributed by atoms with E-state index >= 15 is 0 Å². The summed E-state index contributed by atoms with van der Waals surface area (Å²) in [5.41, 5.74) is 2.07. The lowest BCUT2D eigenvalue weighted by molar-refractivity contribution is -0.115. The maximum absolute atomic E-state index is 12.9. The number of sulfone groups is 1. The maximum Gasteiger partial charge on any atom is 0.333 e. The third-order valence-corrected chi connectivity index (χ3v) is 5.02. The molecule has 0 spiro atoms. The highest BCUT2D eigenvalue weighted by Crippen LogP contribution is 2.22. The van der Waals surface area contributed by atoms with E-state index in [1.165, 1.54) is 19.1 Å². The van der Waals surface area contributed by atoms with Crippen LogP contribution in [0, 0.1) is 20.8 Å². The molecule has 1 aromatic heterocycles. The summed E-state index contributed by atoms with van der Waals surface area (Å²) < 4.78 is 49.6. The highest BCUT2D eigenvalue weighted by Gasteiger charge is 2.20. The van der Waals surface area contributed by atoms with Gasteiger partial charge in [0.25, 0.3) is 0 Å². The van der Waals surface area contributed by atoms with Gasteiger partial charge in [0.05, 0.1) is 17.0 Å². The second-order valence-electron chi connectivity index (χ2n) is 5.85. The summed E-state index contributed by atoms with van der Waals surface area (Å²) >= 11 is 0. The third kappa shape index (κ3) is 4.22. The van der Waals surface area contributed by atoms with E-state index in [1.54, 1.807) is 19.9 Å². The molecule has 2 aromatic rings. The summed E-state index contributed by atoms with van der Waals surface area (Å²) in [7, 11) is -3.40. The summed E-state index contributed by atoms with van der Waals surface area (Å²) in [6.07, 6.45) is 0.946. The summed E-state index contributed by atoms with van der Waals surface area (Å²) in [5.74, 6) is -0.436. The Morgan fingerprint density at radius 1 is 1.28 bits per heavy atom. The molecule has 0 aliphatic heterocycles. The minimum absolute atomic E-state index is 0.0891. The van der Waals surface area contributed by atoms with Crippen molar-refractivity contribution in [2.24, 2.45) is 0 Å². The van der Waals surface area contributed by atoms with Crippen LogP contribution in [0.2, 0.25) is 0 Å². The van der Waals surface area contributed by atoms with Crippen LogP contribution in [0.5, 0.6) is 0 Å². The molecule has 1 heterocycles. The van der Waals surface area contributed by atoms with E-state index in [1.807, 2.05) is 0 Å². The molecule has 0 radical (unpaired) electrons. The molecule has 0 bridgehead atoms. The molecule has 9 heteroatoms. The Labute approximate surface area is 144 Å². The fourth-order valence-corrected chi connectivity index (χ4v) is 3.11. The van der Waals surface area contributed by atoms with Crippen LogP contribution in [0.25, 0.3) is 0 Å². The number of hydrogen-bond acceptors (Lipinski definition) is 4. The van der Waals surface area contributed by atoms with E-state index in [0.717, 1.165) is 6.26 Å². The van der Waals surface area contributed by atoms with Crippen LogP contribution >= 0.6 is 0 Å². The minimum Gasteiger partial charge on any atom is -0.326 e. The van der Waals surface area contributed by atoms with Crippen LogP contribution in [0.1, 0.15) is 29.1 Å². The molecule has 0 saturated carbocycles. The first-order chi connectivity index (χ1) is 11.5. The largest absolute Gasteiger partial charge is 0.333 e. The SMILES string of the molecule is Cc1ccc(S(C)(=O)=O)cc1NC(=O)Cc1c(C)nn(C(F)F)c1C. The lowest BCUT2D eigenvalue weighted by Crippen LogP contribution is -2.16. The number of aryl methyl sites for hydroxylation is 2. The van der Waals surface area contributed by atoms with Gasteiger partial charge in [-0.3, -0.25) is 4.79 Å². The van der Waals surface area contributed by atoms with E-state index in [0.29, 0.717) is 27.2 Å². The standard InChI is InChI=1S/C16H19F2N3O3S/c1-9-5-6-12(25(4,23)24)7-14(9)19-15(22)8-13-10(2)20-21(11(13)3)16(17)18/h5-7,16H,8H2,1-4H3,(H,19,22). The molecular formula is C16H19F2N3O3S. The van der Waals surface area contributed by atoms with Gasteiger partial charge in [-0.25, -0.2) is 13.1 Å². The Hall–Kier alpha value is -2.29. The molecule has 6 nitrogen and oxygen atoms in total. The number of carbonyl (C=O) groups excluding carboxylic acids is 1. The van der Waals surface area contributed by atoms with Crippen molar-refractivity contribution in [1.29, 1.82) is 0 Å². The zero-order chi connectivity index (χ0) is 18.9. The van der Waals surface area contributed by atoms with Crippen LogP contribution in [0.15, 0.2) is 23.1 Å². The molecule has 1 amide bonds.